The minimum atomic E-state index is 0.420. The highest BCUT2D eigenvalue weighted by Crippen LogP contribution is 2.26. The van der Waals surface area contributed by atoms with Crippen LogP contribution in [-0.2, 0) is 13.0 Å². The average Bonchev–Trinajstić information content (AvgIpc) is 2.88. The molecule has 108 valence electrons. The number of hydrogen-bond acceptors (Lipinski definition) is 3. The van der Waals surface area contributed by atoms with Crippen molar-refractivity contribution in [2.24, 2.45) is 5.73 Å². The average molecular weight is 294 g/mol. The summed E-state index contributed by atoms with van der Waals surface area (Å²) in [6.07, 6.45) is 1.80. The Balaban J connectivity index is 1.96. The van der Waals surface area contributed by atoms with Crippen LogP contribution in [0.2, 0.25) is 5.02 Å². The van der Waals surface area contributed by atoms with Crippen molar-refractivity contribution in [1.82, 2.24) is 0 Å². The van der Waals surface area contributed by atoms with E-state index in [2.05, 4.69) is 0 Å². The van der Waals surface area contributed by atoms with Crippen LogP contribution >= 0.6 is 11.6 Å². The summed E-state index contributed by atoms with van der Waals surface area (Å²) in [7, 11) is 0. The van der Waals surface area contributed by atoms with Gasteiger partial charge in [0.25, 0.3) is 0 Å². The number of halogens is 1. The van der Waals surface area contributed by atoms with Gasteiger partial charge in [-0.3, -0.25) is 0 Å². The lowest BCUT2D eigenvalue weighted by molar-refractivity contribution is 0.265. The molecule has 0 saturated heterocycles. The Morgan fingerprint density at radius 1 is 1.15 bits per heavy atom. The van der Waals surface area contributed by atoms with Crippen molar-refractivity contribution >= 4 is 11.6 Å². The molecule has 0 saturated carbocycles. The van der Waals surface area contributed by atoms with Crippen LogP contribution in [0.15, 0.2) is 28.7 Å². The number of benzene rings is 1. The highest BCUT2D eigenvalue weighted by atomic mass is 35.5. The van der Waals surface area contributed by atoms with Crippen LogP contribution in [0.3, 0.4) is 0 Å². The predicted octanol–water partition coefficient (Wildman–Crippen LogP) is 4.02. The third-order valence-electron chi connectivity index (χ3n) is 3.14. The van der Waals surface area contributed by atoms with Crippen LogP contribution in [0.1, 0.15) is 29.1 Å². The first-order chi connectivity index (χ1) is 9.60. The van der Waals surface area contributed by atoms with Crippen molar-refractivity contribution in [3.8, 4) is 5.75 Å². The molecule has 1 aromatic carbocycles. The van der Waals surface area contributed by atoms with Crippen LogP contribution in [0.4, 0.5) is 0 Å². The van der Waals surface area contributed by atoms with Gasteiger partial charge >= 0.3 is 0 Å². The van der Waals surface area contributed by atoms with Crippen molar-refractivity contribution in [3.63, 3.8) is 0 Å². The number of furan rings is 1. The molecule has 20 heavy (non-hydrogen) atoms. The summed E-state index contributed by atoms with van der Waals surface area (Å²) < 4.78 is 11.4. The second-order valence-corrected chi connectivity index (χ2v) is 5.30. The predicted molar refractivity (Wildman–Crippen MR) is 81.3 cm³/mol. The molecule has 0 bridgehead atoms. The van der Waals surface area contributed by atoms with Crippen molar-refractivity contribution < 1.29 is 9.15 Å². The van der Waals surface area contributed by atoms with E-state index in [-0.39, 0.29) is 0 Å². The maximum Gasteiger partial charge on any atom is 0.146 e. The van der Waals surface area contributed by atoms with Gasteiger partial charge in [0, 0.05) is 11.4 Å². The van der Waals surface area contributed by atoms with Gasteiger partial charge < -0.3 is 14.9 Å². The summed E-state index contributed by atoms with van der Waals surface area (Å²) in [5.74, 6) is 2.59. The van der Waals surface area contributed by atoms with E-state index in [0.29, 0.717) is 13.2 Å². The molecule has 0 radical (unpaired) electrons. The van der Waals surface area contributed by atoms with Crippen LogP contribution in [0, 0.1) is 13.8 Å². The Morgan fingerprint density at radius 3 is 2.45 bits per heavy atom. The summed E-state index contributed by atoms with van der Waals surface area (Å²) in [6.45, 7) is 5.04. The zero-order valence-electron chi connectivity index (χ0n) is 11.9. The Morgan fingerprint density at radius 2 is 1.80 bits per heavy atom. The molecule has 2 aromatic rings. The van der Waals surface area contributed by atoms with Gasteiger partial charge in [-0.1, -0.05) is 11.6 Å². The fourth-order valence-electron chi connectivity index (χ4n) is 2.05. The minimum Gasteiger partial charge on any atom is -0.486 e. The smallest absolute Gasteiger partial charge is 0.146 e. The van der Waals surface area contributed by atoms with E-state index in [0.717, 1.165) is 46.3 Å². The first kappa shape index (κ1) is 14.9. The highest BCUT2D eigenvalue weighted by molar-refractivity contribution is 6.32. The number of hydrogen-bond donors (Lipinski definition) is 1. The van der Waals surface area contributed by atoms with Gasteiger partial charge in [0.2, 0.25) is 0 Å². The SMILES string of the molecule is Cc1cc(OCc2ccc(CCCN)o2)cc(C)c1Cl. The molecule has 3 nitrogen and oxygen atoms in total. The molecule has 0 spiro atoms. The monoisotopic (exact) mass is 293 g/mol. The standard InChI is InChI=1S/C16H20ClNO2/c1-11-8-15(9-12(2)16(11)17)19-10-14-6-5-13(20-14)4-3-7-18/h5-6,8-9H,3-4,7,10,18H2,1-2H3. The van der Waals surface area contributed by atoms with E-state index < -0.39 is 0 Å². The van der Waals surface area contributed by atoms with Crippen molar-refractivity contribution in [2.45, 2.75) is 33.3 Å². The van der Waals surface area contributed by atoms with E-state index in [1.165, 1.54) is 0 Å². The molecule has 0 aliphatic carbocycles. The molecule has 4 heteroatoms. The molecule has 0 aliphatic rings. The van der Waals surface area contributed by atoms with Gasteiger partial charge in [-0.25, -0.2) is 0 Å². The van der Waals surface area contributed by atoms with Gasteiger partial charge in [-0.05, 0) is 62.2 Å². The lowest BCUT2D eigenvalue weighted by atomic mass is 10.1. The van der Waals surface area contributed by atoms with E-state index in [1.54, 1.807) is 0 Å². The molecule has 2 N–H and O–H groups in total. The third kappa shape index (κ3) is 3.78. The normalized spacial score (nSPS) is 10.8. The number of rotatable bonds is 6. The largest absolute Gasteiger partial charge is 0.486 e. The van der Waals surface area contributed by atoms with Gasteiger partial charge in [-0.2, -0.15) is 0 Å². The maximum atomic E-state index is 6.13. The van der Waals surface area contributed by atoms with Crippen molar-refractivity contribution in [2.75, 3.05) is 6.54 Å². The zero-order valence-corrected chi connectivity index (χ0v) is 12.7. The summed E-state index contributed by atoms with van der Waals surface area (Å²) in [5.41, 5.74) is 7.52. The first-order valence-electron chi connectivity index (χ1n) is 6.77. The molecule has 1 aromatic heterocycles. The lowest BCUT2D eigenvalue weighted by Gasteiger charge is -2.08. The maximum absolute atomic E-state index is 6.13. The number of aryl methyl sites for hydroxylation is 3. The summed E-state index contributed by atoms with van der Waals surface area (Å²) >= 11 is 6.13. The fourth-order valence-corrected chi connectivity index (χ4v) is 2.16. The molecule has 0 atom stereocenters. The van der Waals surface area contributed by atoms with Crippen LogP contribution < -0.4 is 10.5 Å². The molecule has 0 unspecified atom stereocenters. The molecule has 0 aliphatic heterocycles. The van der Waals surface area contributed by atoms with Crippen molar-refractivity contribution in [1.29, 1.82) is 0 Å². The van der Waals surface area contributed by atoms with Gasteiger partial charge in [0.1, 0.15) is 23.9 Å². The minimum absolute atomic E-state index is 0.420. The van der Waals surface area contributed by atoms with Gasteiger partial charge in [0.15, 0.2) is 0 Å². The highest BCUT2D eigenvalue weighted by Gasteiger charge is 2.06. The summed E-state index contributed by atoms with van der Waals surface area (Å²) in [6, 6.07) is 7.80. The number of ether oxygens (including phenoxy) is 1. The Hall–Kier alpha value is -1.45. The zero-order chi connectivity index (χ0) is 14.5. The third-order valence-corrected chi connectivity index (χ3v) is 3.73. The van der Waals surface area contributed by atoms with E-state index in [1.807, 2.05) is 38.1 Å². The van der Waals surface area contributed by atoms with Crippen LogP contribution in [0.5, 0.6) is 5.75 Å². The Labute approximate surface area is 124 Å². The van der Waals surface area contributed by atoms with E-state index in [9.17, 15) is 0 Å². The molecule has 0 amide bonds. The second kappa shape index (κ2) is 6.82. The lowest BCUT2D eigenvalue weighted by Crippen LogP contribution is -1.99. The van der Waals surface area contributed by atoms with E-state index in [4.69, 9.17) is 26.5 Å². The van der Waals surface area contributed by atoms with Crippen LogP contribution in [-0.4, -0.2) is 6.54 Å². The topological polar surface area (TPSA) is 48.4 Å². The molecule has 2 rings (SSSR count). The molecule has 0 fully saturated rings. The quantitative estimate of drug-likeness (QED) is 0.875. The van der Waals surface area contributed by atoms with E-state index >= 15 is 0 Å². The Kier molecular flexibility index (Phi) is 5.10. The Bertz CT molecular complexity index is 555. The number of nitrogens with two attached hydrogens (primary N) is 1. The van der Waals surface area contributed by atoms with Crippen molar-refractivity contribution in [3.05, 3.63) is 51.9 Å². The molecule has 1 heterocycles. The van der Waals surface area contributed by atoms with Crippen LogP contribution in [0.25, 0.3) is 0 Å². The summed E-state index contributed by atoms with van der Waals surface area (Å²) in [5, 5.41) is 0.791. The first-order valence-corrected chi connectivity index (χ1v) is 7.15. The summed E-state index contributed by atoms with van der Waals surface area (Å²) in [4.78, 5) is 0. The second-order valence-electron chi connectivity index (χ2n) is 4.92. The fraction of sp³-hybridized carbons (Fsp3) is 0.375. The molecular weight excluding hydrogens is 274 g/mol. The molecular formula is C16H20ClNO2. The van der Waals surface area contributed by atoms with Gasteiger partial charge in [-0.15, -0.1) is 0 Å². The van der Waals surface area contributed by atoms with Gasteiger partial charge in [0.05, 0.1) is 0 Å².